The summed E-state index contributed by atoms with van der Waals surface area (Å²) in [5, 5.41) is 8.86. The van der Waals surface area contributed by atoms with Crippen LogP contribution in [0.1, 0.15) is 12.0 Å². The zero-order valence-corrected chi connectivity index (χ0v) is 9.71. The topological polar surface area (TPSA) is 37.3 Å². The second-order valence-corrected chi connectivity index (χ2v) is 4.26. The molecule has 1 aromatic carbocycles. The first-order valence-electron chi connectivity index (χ1n) is 4.66. The first-order valence-corrected chi connectivity index (χ1v) is 5.46. The van der Waals surface area contributed by atoms with E-state index < -0.39 is 18.6 Å². The molecule has 1 unspecified atom stereocenters. The third kappa shape index (κ3) is 4.00. The van der Waals surface area contributed by atoms with Crippen molar-refractivity contribution in [2.75, 3.05) is 6.67 Å². The number of halogens is 2. The Morgan fingerprint density at radius 2 is 2.27 bits per heavy atom. The van der Waals surface area contributed by atoms with Crippen LogP contribution in [-0.2, 0) is 11.2 Å². The normalized spacial score (nSPS) is 12.4. The molecular formula is C11H12BrFO2. The van der Waals surface area contributed by atoms with Gasteiger partial charge in [0.1, 0.15) is 0 Å². The van der Waals surface area contributed by atoms with Crippen molar-refractivity contribution in [1.82, 2.24) is 0 Å². The van der Waals surface area contributed by atoms with Crippen LogP contribution in [-0.4, -0.2) is 17.8 Å². The molecule has 0 aliphatic heterocycles. The average molecular weight is 275 g/mol. The van der Waals surface area contributed by atoms with E-state index in [1.807, 2.05) is 24.3 Å². The van der Waals surface area contributed by atoms with Crippen LogP contribution in [0.25, 0.3) is 0 Å². The molecule has 0 aromatic heterocycles. The quantitative estimate of drug-likeness (QED) is 0.896. The van der Waals surface area contributed by atoms with Crippen LogP contribution in [0, 0.1) is 5.92 Å². The predicted octanol–water partition coefficient (Wildman–Crippen LogP) is 3.05. The fourth-order valence-electron chi connectivity index (χ4n) is 1.39. The van der Waals surface area contributed by atoms with Gasteiger partial charge in [0, 0.05) is 4.47 Å². The van der Waals surface area contributed by atoms with Gasteiger partial charge in [0.25, 0.3) is 0 Å². The standard InChI is InChI=1S/C11H12BrFO2/c12-10-3-1-2-8(7-10)6-9(4-5-13)11(14)15/h1-3,7,9H,4-6H2,(H,14,15). The Hall–Kier alpha value is -0.900. The summed E-state index contributed by atoms with van der Waals surface area (Å²) in [7, 11) is 0. The molecule has 4 heteroatoms. The predicted molar refractivity (Wildman–Crippen MR) is 59.6 cm³/mol. The van der Waals surface area contributed by atoms with Gasteiger partial charge in [-0.05, 0) is 30.5 Å². The van der Waals surface area contributed by atoms with Crippen molar-refractivity contribution in [3.05, 3.63) is 34.3 Å². The summed E-state index contributed by atoms with van der Waals surface area (Å²) in [4.78, 5) is 10.8. The van der Waals surface area contributed by atoms with Crippen LogP contribution in [0.3, 0.4) is 0 Å². The summed E-state index contributed by atoms with van der Waals surface area (Å²) >= 11 is 3.31. The molecule has 0 amide bonds. The molecule has 2 nitrogen and oxygen atoms in total. The number of hydrogen-bond donors (Lipinski definition) is 1. The molecule has 1 aromatic rings. The van der Waals surface area contributed by atoms with E-state index in [0.29, 0.717) is 6.42 Å². The fraction of sp³-hybridized carbons (Fsp3) is 0.364. The van der Waals surface area contributed by atoms with Crippen LogP contribution >= 0.6 is 15.9 Å². The Morgan fingerprint density at radius 3 is 2.80 bits per heavy atom. The monoisotopic (exact) mass is 274 g/mol. The van der Waals surface area contributed by atoms with Gasteiger partial charge < -0.3 is 5.11 Å². The fourth-order valence-corrected chi connectivity index (χ4v) is 1.84. The molecule has 0 spiro atoms. The van der Waals surface area contributed by atoms with Crippen molar-refractivity contribution in [2.24, 2.45) is 5.92 Å². The lowest BCUT2D eigenvalue weighted by Crippen LogP contribution is -2.17. The van der Waals surface area contributed by atoms with E-state index in [0.717, 1.165) is 10.0 Å². The van der Waals surface area contributed by atoms with Gasteiger partial charge in [0.2, 0.25) is 0 Å². The molecule has 1 N–H and O–H groups in total. The lowest BCUT2D eigenvalue weighted by Gasteiger charge is -2.10. The van der Waals surface area contributed by atoms with Crippen LogP contribution < -0.4 is 0 Å². The second-order valence-electron chi connectivity index (χ2n) is 3.35. The highest BCUT2D eigenvalue weighted by molar-refractivity contribution is 9.10. The van der Waals surface area contributed by atoms with Gasteiger partial charge in [-0.25, -0.2) is 0 Å². The van der Waals surface area contributed by atoms with E-state index >= 15 is 0 Å². The van der Waals surface area contributed by atoms with Gasteiger partial charge in [0.15, 0.2) is 0 Å². The minimum absolute atomic E-state index is 0.0713. The Labute approximate surface area is 96.2 Å². The van der Waals surface area contributed by atoms with Crippen LogP contribution in [0.2, 0.25) is 0 Å². The Balaban J connectivity index is 2.69. The first-order chi connectivity index (χ1) is 7.13. The molecule has 0 saturated carbocycles. The van der Waals surface area contributed by atoms with Gasteiger partial charge in [-0.15, -0.1) is 0 Å². The number of hydrogen-bond acceptors (Lipinski definition) is 1. The van der Waals surface area contributed by atoms with E-state index in [1.165, 1.54) is 0 Å². The summed E-state index contributed by atoms with van der Waals surface area (Å²) < 4.78 is 13.0. The summed E-state index contributed by atoms with van der Waals surface area (Å²) in [6.07, 6.45) is 0.445. The number of benzene rings is 1. The van der Waals surface area contributed by atoms with Crippen molar-refractivity contribution in [3.8, 4) is 0 Å². The maximum absolute atomic E-state index is 12.1. The van der Waals surface area contributed by atoms with Gasteiger partial charge in [0.05, 0.1) is 12.6 Å². The van der Waals surface area contributed by atoms with Crippen molar-refractivity contribution in [3.63, 3.8) is 0 Å². The van der Waals surface area contributed by atoms with Crippen molar-refractivity contribution < 1.29 is 14.3 Å². The van der Waals surface area contributed by atoms with Crippen molar-refractivity contribution in [1.29, 1.82) is 0 Å². The number of alkyl halides is 1. The summed E-state index contributed by atoms with van der Waals surface area (Å²) in [5.74, 6) is -1.57. The van der Waals surface area contributed by atoms with E-state index in [-0.39, 0.29) is 6.42 Å². The number of rotatable bonds is 5. The molecule has 1 atom stereocenters. The molecule has 1 rings (SSSR count). The van der Waals surface area contributed by atoms with E-state index in [9.17, 15) is 9.18 Å². The highest BCUT2D eigenvalue weighted by atomic mass is 79.9. The summed E-state index contributed by atoms with van der Waals surface area (Å²) in [6.45, 7) is -0.592. The number of carboxylic acid groups (broad SMARTS) is 1. The lowest BCUT2D eigenvalue weighted by molar-refractivity contribution is -0.142. The van der Waals surface area contributed by atoms with E-state index in [1.54, 1.807) is 0 Å². The first kappa shape index (κ1) is 12.2. The SMILES string of the molecule is O=C(O)C(CCF)Cc1cccc(Br)c1. The summed E-state index contributed by atoms with van der Waals surface area (Å²) in [6, 6.07) is 7.41. The average Bonchev–Trinajstić information content (AvgIpc) is 2.17. The minimum Gasteiger partial charge on any atom is -0.481 e. The Morgan fingerprint density at radius 1 is 1.53 bits per heavy atom. The molecule has 0 aliphatic carbocycles. The molecule has 0 fully saturated rings. The smallest absolute Gasteiger partial charge is 0.306 e. The number of aliphatic carboxylic acids is 1. The molecule has 15 heavy (non-hydrogen) atoms. The molecule has 0 bridgehead atoms. The zero-order valence-electron chi connectivity index (χ0n) is 8.12. The molecular weight excluding hydrogens is 263 g/mol. The van der Waals surface area contributed by atoms with Crippen molar-refractivity contribution >= 4 is 21.9 Å². The van der Waals surface area contributed by atoms with Gasteiger partial charge in [-0.3, -0.25) is 9.18 Å². The number of carboxylic acids is 1. The van der Waals surface area contributed by atoms with Crippen LogP contribution in [0.5, 0.6) is 0 Å². The summed E-state index contributed by atoms with van der Waals surface area (Å²) in [5.41, 5.74) is 0.908. The molecule has 82 valence electrons. The van der Waals surface area contributed by atoms with Gasteiger partial charge >= 0.3 is 5.97 Å². The highest BCUT2D eigenvalue weighted by Gasteiger charge is 2.17. The van der Waals surface area contributed by atoms with E-state index in [2.05, 4.69) is 15.9 Å². The maximum atomic E-state index is 12.1. The minimum atomic E-state index is -0.937. The second kappa shape index (κ2) is 5.85. The maximum Gasteiger partial charge on any atom is 0.306 e. The van der Waals surface area contributed by atoms with Crippen LogP contribution in [0.4, 0.5) is 4.39 Å². The Bertz CT molecular complexity index is 341. The van der Waals surface area contributed by atoms with Crippen LogP contribution in [0.15, 0.2) is 28.7 Å². The molecule has 0 radical (unpaired) electrons. The number of carbonyl (C=O) groups is 1. The van der Waals surface area contributed by atoms with Gasteiger partial charge in [-0.2, -0.15) is 0 Å². The van der Waals surface area contributed by atoms with Crippen molar-refractivity contribution in [2.45, 2.75) is 12.8 Å². The third-order valence-corrected chi connectivity index (χ3v) is 2.67. The highest BCUT2D eigenvalue weighted by Crippen LogP contribution is 2.17. The van der Waals surface area contributed by atoms with Gasteiger partial charge in [-0.1, -0.05) is 28.1 Å². The molecule has 0 aliphatic rings. The largest absolute Gasteiger partial charge is 0.481 e. The molecule has 0 saturated heterocycles. The third-order valence-electron chi connectivity index (χ3n) is 2.18. The lowest BCUT2D eigenvalue weighted by atomic mass is 9.97. The van der Waals surface area contributed by atoms with E-state index in [4.69, 9.17) is 5.11 Å². The Kier molecular flexibility index (Phi) is 4.75. The zero-order chi connectivity index (χ0) is 11.3. The molecule has 0 heterocycles.